The summed E-state index contributed by atoms with van der Waals surface area (Å²) in [7, 11) is -2.69. The van der Waals surface area contributed by atoms with Gasteiger partial charge in [0.25, 0.3) is 0 Å². The molecule has 0 bridgehead atoms. The average Bonchev–Trinajstić information content (AvgIpc) is 2.60. The Morgan fingerprint density at radius 2 is 2.15 bits per heavy atom. The Balaban J connectivity index is 2.19. The lowest BCUT2D eigenvalue weighted by Gasteiger charge is -2.25. The Morgan fingerprint density at radius 1 is 1.42 bits per heavy atom. The van der Waals surface area contributed by atoms with E-state index in [4.69, 9.17) is 16.2 Å². The topological polar surface area (TPSA) is 148 Å². The fourth-order valence-corrected chi connectivity index (χ4v) is 4.18. The zero-order valence-corrected chi connectivity index (χ0v) is 15.4. The first-order valence-electron chi connectivity index (χ1n) is 8.25. The van der Waals surface area contributed by atoms with Crippen LogP contribution in [-0.4, -0.2) is 56.0 Å². The van der Waals surface area contributed by atoms with Gasteiger partial charge < -0.3 is 21.3 Å². The van der Waals surface area contributed by atoms with Gasteiger partial charge in [0.15, 0.2) is 5.96 Å². The molecule has 1 aliphatic rings. The van der Waals surface area contributed by atoms with Gasteiger partial charge in [-0.25, -0.2) is 8.42 Å². The number of carboxylic acid groups (broad SMARTS) is 1. The zero-order chi connectivity index (χ0) is 19.3. The number of benzene rings is 1. The Hall–Kier alpha value is -2.33. The molecule has 1 aromatic rings. The van der Waals surface area contributed by atoms with Gasteiger partial charge in [-0.2, -0.15) is 4.31 Å². The van der Waals surface area contributed by atoms with E-state index in [0.29, 0.717) is 18.8 Å². The molecule has 0 fully saturated rings. The number of aryl methyl sites for hydroxylation is 1. The number of sulfonamides is 1. The molecule has 2 rings (SSSR count). The van der Waals surface area contributed by atoms with E-state index in [9.17, 15) is 18.3 Å². The zero-order valence-electron chi connectivity index (χ0n) is 14.6. The van der Waals surface area contributed by atoms with E-state index in [1.54, 1.807) is 12.1 Å². The minimum atomic E-state index is -3.96. The SMILES string of the molecule is CN([C@@H](CCCN=C(N)N)C(=O)O)S(=O)(=O)c1ccc2c(c1)CCCO2. The van der Waals surface area contributed by atoms with Gasteiger partial charge in [0.05, 0.1) is 11.5 Å². The number of nitrogens with zero attached hydrogens (tertiary/aromatic N) is 2. The van der Waals surface area contributed by atoms with Gasteiger partial charge in [-0.3, -0.25) is 9.79 Å². The number of hydrogen-bond acceptors (Lipinski definition) is 5. The van der Waals surface area contributed by atoms with Crippen molar-refractivity contribution < 1.29 is 23.1 Å². The van der Waals surface area contributed by atoms with Crippen molar-refractivity contribution in [3.63, 3.8) is 0 Å². The normalized spacial score (nSPS) is 15.0. The van der Waals surface area contributed by atoms with E-state index in [1.807, 2.05) is 0 Å². The maximum absolute atomic E-state index is 12.9. The predicted octanol–water partition coefficient (Wildman–Crippen LogP) is 0.139. The molecule has 0 aliphatic carbocycles. The predicted molar refractivity (Wildman–Crippen MR) is 96.5 cm³/mol. The van der Waals surface area contributed by atoms with E-state index >= 15 is 0 Å². The highest BCUT2D eigenvalue weighted by Crippen LogP contribution is 2.29. The van der Waals surface area contributed by atoms with Crippen LogP contribution in [0.25, 0.3) is 0 Å². The highest BCUT2D eigenvalue weighted by atomic mass is 32.2. The average molecular weight is 384 g/mol. The fraction of sp³-hybridized carbons (Fsp3) is 0.500. The molecule has 144 valence electrons. The van der Waals surface area contributed by atoms with Crippen LogP contribution in [0.1, 0.15) is 24.8 Å². The number of guanidine groups is 1. The molecular formula is C16H24N4O5S. The van der Waals surface area contributed by atoms with Crippen LogP contribution in [-0.2, 0) is 21.2 Å². The van der Waals surface area contributed by atoms with Crippen LogP contribution in [0.2, 0.25) is 0 Å². The molecule has 0 spiro atoms. The van der Waals surface area contributed by atoms with Crippen molar-refractivity contribution in [3.05, 3.63) is 23.8 Å². The fourth-order valence-electron chi connectivity index (χ4n) is 2.78. The van der Waals surface area contributed by atoms with E-state index in [-0.39, 0.29) is 23.8 Å². The number of ether oxygens (including phenoxy) is 1. The maximum atomic E-state index is 12.9. The molecule has 0 saturated heterocycles. The minimum absolute atomic E-state index is 0.0553. The Morgan fingerprint density at radius 3 is 2.81 bits per heavy atom. The molecule has 1 heterocycles. The van der Waals surface area contributed by atoms with Crippen LogP contribution in [0.4, 0.5) is 0 Å². The first-order valence-corrected chi connectivity index (χ1v) is 9.69. The van der Waals surface area contributed by atoms with Gasteiger partial charge >= 0.3 is 5.97 Å². The molecule has 9 nitrogen and oxygen atoms in total. The molecule has 0 radical (unpaired) electrons. The highest BCUT2D eigenvalue weighted by Gasteiger charge is 2.33. The van der Waals surface area contributed by atoms with Crippen molar-refractivity contribution in [1.82, 2.24) is 4.31 Å². The third-order valence-electron chi connectivity index (χ3n) is 4.21. The van der Waals surface area contributed by atoms with Crippen molar-refractivity contribution in [2.24, 2.45) is 16.5 Å². The standard InChI is InChI=1S/C16H24N4O5S/c1-20(13(15(21)22)5-2-8-19-16(17)18)26(23,24)12-6-7-14-11(10-12)4-3-9-25-14/h6-7,10,13H,2-5,8-9H2,1H3,(H,21,22)(H4,17,18,19)/t13-/m0/s1. The summed E-state index contributed by atoms with van der Waals surface area (Å²) in [6.45, 7) is 0.839. The lowest BCUT2D eigenvalue weighted by atomic mass is 10.1. The van der Waals surface area contributed by atoms with E-state index in [2.05, 4.69) is 4.99 Å². The third-order valence-corrected chi connectivity index (χ3v) is 6.07. The van der Waals surface area contributed by atoms with Crippen molar-refractivity contribution in [3.8, 4) is 5.75 Å². The number of hydrogen-bond donors (Lipinski definition) is 3. The smallest absolute Gasteiger partial charge is 0.322 e. The molecule has 1 aromatic carbocycles. The second-order valence-corrected chi connectivity index (χ2v) is 8.04. The van der Waals surface area contributed by atoms with Crippen molar-refractivity contribution in [1.29, 1.82) is 0 Å². The summed E-state index contributed by atoms with van der Waals surface area (Å²) in [6, 6.07) is 3.40. The maximum Gasteiger partial charge on any atom is 0.322 e. The second kappa shape index (κ2) is 8.37. The van der Waals surface area contributed by atoms with Crippen molar-refractivity contribution >= 4 is 22.0 Å². The number of carboxylic acids is 1. The molecule has 26 heavy (non-hydrogen) atoms. The Bertz CT molecular complexity index is 790. The van der Waals surface area contributed by atoms with Crippen LogP contribution in [0.3, 0.4) is 0 Å². The summed E-state index contributed by atoms with van der Waals surface area (Å²) in [6.07, 6.45) is 1.97. The molecule has 10 heteroatoms. The monoisotopic (exact) mass is 384 g/mol. The number of aliphatic imine (C=N–C) groups is 1. The summed E-state index contributed by atoms with van der Waals surface area (Å²) in [4.78, 5) is 15.4. The lowest BCUT2D eigenvalue weighted by Crippen LogP contribution is -2.42. The summed E-state index contributed by atoms with van der Waals surface area (Å²) in [5.74, 6) is -0.638. The number of rotatable bonds is 8. The first kappa shape index (κ1) is 20.0. The van der Waals surface area contributed by atoms with Gasteiger partial charge in [0.2, 0.25) is 10.0 Å². The van der Waals surface area contributed by atoms with Gasteiger partial charge in [-0.15, -0.1) is 0 Å². The van der Waals surface area contributed by atoms with Gasteiger partial charge in [-0.05, 0) is 49.4 Å². The van der Waals surface area contributed by atoms with Crippen LogP contribution in [0, 0.1) is 0 Å². The molecule has 1 aliphatic heterocycles. The summed E-state index contributed by atoms with van der Waals surface area (Å²) < 4.78 is 32.1. The quantitative estimate of drug-likeness (QED) is 0.328. The molecule has 5 N–H and O–H groups in total. The Kier molecular flexibility index (Phi) is 6.43. The molecule has 0 unspecified atom stereocenters. The Labute approximate surface area is 152 Å². The van der Waals surface area contributed by atoms with Gasteiger partial charge in [0, 0.05) is 13.6 Å². The van der Waals surface area contributed by atoms with Gasteiger partial charge in [-0.1, -0.05) is 0 Å². The minimum Gasteiger partial charge on any atom is -0.493 e. The molecular weight excluding hydrogens is 360 g/mol. The third kappa shape index (κ3) is 4.64. The first-order chi connectivity index (χ1) is 12.2. The van der Waals surface area contributed by atoms with E-state index < -0.39 is 22.0 Å². The molecule has 0 amide bonds. The molecule has 0 aromatic heterocycles. The van der Waals surface area contributed by atoms with Gasteiger partial charge in [0.1, 0.15) is 11.8 Å². The van der Waals surface area contributed by atoms with E-state index in [1.165, 1.54) is 13.1 Å². The number of fused-ring (bicyclic) bond motifs is 1. The van der Waals surface area contributed by atoms with Crippen LogP contribution >= 0.6 is 0 Å². The highest BCUT2D eigenvalue weighted by molar-refractivity contribution is 7.89. The van der Waals surface area contributed by atoms with Crippen LogP contribution < -0.4 is 16.2 Å². The number of likely N-dealkylation sites (N-methyl/N-ethyl adjacent to an activating group) is 1. The van der Waals surface area contributed by atoms with Crippen LogP contribution in [0.15, 0.2) is 28.1 Å². The molecule has 1 atom stereocenters. The summed E-state index contributed by atoms with van der Waals surface area (Å²) >= 11 is 0. The van der Waals surface area contributed by atoms with Crippen molar-refractivity contribution in [2.45, 2.75) is 36.6 Å². The molecule has 0 saturated carbocycles. The van der Waals surface area contributed by atoms with Crippen LogP contribution in [0.5, 0.6) is 5.75 Å². The summed E-state index contributed by atoms with van der Waals surface area (Å²) in [5.41, 5.74) is 11.3. The van der Waals surface area contributed by atoms with Crippen molar-refractivity contribution in [2.75, 3.05) is 20.2 Å². The number of carbonyl (C=O) groups is 1. The number of aliphatic carboxylic acids is 1. The largest absolute Gasteiger partial charge is 0.493 e. The summed E-state index contributed by atoms with van der Waals surface area (Å²) in [5, 5.41) is 9.44. The van der Waals surface area contributed by atoms with E-state index in [0.717, 1.165) is 22.7 Å². The second-order valence-electron chi connectivity index (χ2n) is 6.05. The lowest BCUT2D eigenvalue weighted by molar-refractivity contribution is -0.141. The number of nitrogens with two attached hydrogens (primary N) is 2.